The van der Waals surface area contributed by atoms with Gasteiger partial charge in [-0.1, -0.05) is 0 Å². The predicted octanol–water partition coefficient (Wildman–Crippen LogP) is 0.700. The van der Waals surface area contributed by atoms with Gasteiger partial charge in [0.25, 0.3) is 0 Å². The maximum absolute atomic E-state index is 11.7. The monoisotopic (exact) mass is 289 g/mol. The Bertz CT molecular complexity index is 341. The minimum atomic E-state index is -0.354. The number of amides is 4. The average Bonchev–Trinajstić information content (AvgIpc) is 2.37. The molecule has 1 aliphatic heterocycles. The summed E-state index contributed by atoms with van der Waals surface area (Å²) in [4.78, 5) is 35.4. The summed E-state index contributed by atoms with van der Waals surface area (Å²) in [5, 5.41) is 5.09. The lowest BCUT2D eigenvalue weighted by molar-refractivity contribution is -0.120. The molecule has 0 spiro atoms. The number of hydrogen-bond acceptors (Lipinski definition) is 3. The Kier molecular flexibility index (Phi) is 6.62. The third kappa shape index (κ3) is 5.92. The highest BCUT2D eigenvalue weighted by Gasteiger charge is 2.23. The number of piperidine rings is 1. The summed E-state index contributed by atoms with van der Waals surface area (Å²) in [7, 11) is 0. The van der Waals surface area contributed by atoms with Gasteiger partial charge in [0.2, 0.25) is 11.8 Å². The van der Waals surface area contributed by atoms with Gasteiger partial charge in [0, 0.05) is 38.9 Å². The molecule has 4 amide bonds. The van der Waals surface area contributed by atoms with Gasteiger partial charge in [-0.05, 0) is 18.8 Å². The summed E-state index contributed by atoms with van der Waals surface area (Å²) in [6, 6.07) is -0.354. The van der Waals surface area contributed by atoms with Crippen LogP contribution in [0.15, 0.2) is 0 Å². The Hall–Kier alpha value is -1.30. The highest BCUT2D eigenvalue weighted by atomic mass is 35.5. The molecule has 0 unspecified atom stereocenters. The number of urea groups is 1. The second-order valence-electron chi connectivity index (χ2n) is 4.66. The molecule has 0 saturated carbocycles. The fourth-order valence-electron chi connectivity index (χ4n) is 1.97. The lowest BCUT2D eigenvalue weighted by Crippen LogP contribution is -2.47. The van der Waals surface area contributed by atoms with Crippen molar-refractivity contribution in [3.05, 3.63) is 0 Å². The maximum atomic E-state index is 11.7. The summed E-state index contributed by atoms with van der Waals surface area (Å²) >= 11 is 5.42. The molecule has 1 heterocycles. The van der Waals surface area contributed by atoms with Gasteiger partial charge in [-0.3, -0.25) is 14.9 Å². The van der Waals surface area contributed by atoms with Gasteiger partial charge in [-0.15, -0.1) is 11.6 Å². The maximum Gasteiger partial charge on any atom is 0.324 e. The lowest BCUT2D eigenvalue weighted by atomic mass is 9.97. The fourth-order valence-corrected chi connectivity index (χ4v) is 2.15. The third-order valence-corrected chi connectivity index (χ3v) is 3.30. The summed E-state index contributed by atoms with van der Waals surface area (Å²) in [6.07, 6.45) is 1.81. The molecule has 0 aliphatic carbocycles. The van der Waals surface area contributed by atoms with Gasteiger partial charge in [0.05, 0.1) is 0 Å². The number of carbonyl (C=O) groups excluding carboxylic acids is 3. The highest BCUT2D eigenvalue weighted by Crippen LogP contribution is 2.16. The number of halogens is 1. The molecule has 0 atom stereocenters. The van der Waals surface area contributed by atoms with Crippen molar-refractivity contribution in [2.45, 2.75) is 26.2 Å². The Morgan fingerprint density at radius 3 is 2.42 bits per heavy atom. The number of nitrogens with one attached hydrogen (secondary N) is 2. The number of rotatable bonds is 4. The molecule has 0 aromatic rings. The van der Waals surface area contributed by atoms with E-state index in [2.05, 4.69) is 10.6 Å². The molecule has 1 rings (SSSR count). The second kappa shape index (κ2) is 7.99. The Labute approximate surface area is 117 Å². The van der Waals surface area contributed by atoms with Crippen molar-refractivity contribution in [3.8, 4) is 0 Å². The van der Waals surface area contributed by atoms with E-state index < -0.39 is 0 Å². The first-order valence-corrected chi connectivity index (χ1v) is 6.95. The van der Waals surface area contributed by atoms with Crippen LogP contribution in [0.5, 0.6) is 0 Å². The second-order valence-corrected chi connectivity index (χ2v) is 5.04. The summed E-state index contributed by atoms with van der Waals surface area (Å²) in [5.74, 6) is 0.219. The van der Waals surface area contributed by atoms with Crippen LogP contribution in [0.1, 0.15) is 26.2 Å². The van der Waals surface area contributed by atoms with Crippen molar-refractivity contribution in [3.63, 3.8) is 0 Å². The van der Waals surface area contributed by atoms with Crippen LogP contribution in [0.4, 0.5) is 4.79 Å². The van der Waals surface area contributed by atoms with E-state index >= 15 is 0 Å². The van der Waals surface area contributed by atoms with Gasteiger partial charge in [0.1, 0.15) is 0 Å². The molecule has 0 bridgehead atoms. The largest absolute Gasteiger partial charge is 0.356 e. The lowest BCUT2D eigenvalue weighted by Gasteiger charge is -2.31. The zero-order valence-electron chi connectivity index (χ0n) is 11.1. The number of hydrogen-bond donors (Lipinski definition) is 2. The molecule has 0 aromatic carbocycles. The normalized spacial score (nSPS) is 16.0. The Morgan fingerprint density at radius 1 is 1.26 bits per heavy atom. The molecule has 108 valence electrons. The summed E-state index contributed by atoms with van der Waals surface area (Å²) in [6.45, 7) is 3.34. The van der Waals surface area contributed by atoms with Crippen LogP contribution in [-0.4, -0.2) is 48.3 Å². The van der Waals surface area contributed by atoms with E-state index in [1.807, 2.05) is 0 Å². The average molecular weight is 290 g/mol. The summed E-state index contributed by atoms with van der Waals surface area (Å²) in [5.41, 5.74) is 0. The van der Waals surface area contributed by atoms with Crippen molar-refractivity contribution in [2.24, 2.45) is 5.92 Å². The van der Waals surface area contributed by atoms with E-state index in [9.17, 15) is 14.4 Å². The van der Waals surface area contributed by atoms with Crippen molar-refractivity contribution < 1.29 is 14.4 Å². The molecule has 2 N–H and O–H groups in total. The van der Waals surface area contributed by atoms with Gasteiger partial charge >= 0.3 is 6.03 Å². The van der Waals surface area contributed by atoms with Crippen molar-refractivity contribution in [1.29, 1.82) is 0 Å². The first-order valence-electron chi connectivity index (χ1n) is 6.42. The van der Waals surface area contributed by atoms with Crippen LogP contribution in [-0.2, 0) is 9.59 Å². The molecule has 1 aliphatic rings. The van der Waals surface area contributed by atoms with E-state index in [1.165, 1.54) is 6.92 Å². The first kappa shape index (κ1) is 15.8. The zero-order valence-corrected chi connectivity index (χ0v) is 11.8. The van der Waals surface area contributed by atoms with E-state index in [-0.39, 0.29) is 30.1 Å². The number of carbonyl (C=O) groups is 3. The molecular formula is C12H20ClN3O3. The van der Waals surface area contributed by atoms with Gasteiger partial charge in [0.15, 0.2) is 0 Å². The van der Waals surface area contributed by atoms with Crippen LogP contribution in [0, 0.1) is 5.92 Å². The number of likely N-dealkylation sites (tertiary alicyclic amines) is 1. The summed E-state index contributed by atoms with van der Waals surface area (Å²) < 4.78 is 0. The molecule has 0 radical (unpaired) electrons. The van der Waals surface area contributed by atoms with Crippen LogP contribution in [0.25, 0.3) is 0 Å². The Morgan fingerprint density at radius 2 is 1.89 bits per heavy atom. The van der Waals surface area contributed by atoms with Gasteiger partial charge in [-0.25, -0.2) is 4.79 Å². The molecule has 6 nitrogen and oxygen atoms in total. The standard InChI is InChI=1S/C12H20ClN3O3/c1-9(17)14-8-10-3-6-16(7-4-10)12(19)15-11(18)2-5-13/h10H,2-8H2,1H3,(H,14,17)(H,15,18,19). The van der Waals surface area contributed by atoms with Crippen molar-refractivity contribution in [2.75, 3.05) is 25.5 Å². The van der Waals surface area contributed by atoms with E-state index in [0.29, 0.717) is 25.6 Å². The van der Waals surface area contributed by atoms with Gasteiger partial charge < -0.3 is 10.2 Å². The minimum Gasteiger partial charge on any atom is -0.356 e. The molecule has 1 fully saturated rings. The first-order chi connectivity index (χ1) is 9.02. The van der Waals surface area contributed by atoms with Crippen LogP contribution in [0.2, 0.25) is 0 Å². The van der Waals surface area contributed by atoms with E-state index in [1.54, 1.807) is 4.90 Å². The van der Waals surface area contributed by atoms with Crippen LogP contribution < -0.4 is 10.6 Å². The zero-order chi connectivity index (χ0) is 14.3. The predicted molar refractivity (Wildman–Crippen MR) is 71.9 cm³/mol. The SMILES string of the molecule is CC(=O)NCC1CCN(C(=O)NC(=O)CCCl)CC1. The van der Waals surface area contributed by atoms with Crippen molar-refractivity contribution in [1.82, 2.24) is 15.5 Å². The Balaban J connectivity index is 2.27. The number of alkyl halides is 1. The van der Waals surface area contributed by atoms with Gasteiger partial charge in [-0.2, -0.15) is 0 Å². The highest BCUT2D eigenvalue weighted by molar-refractivity contribution is 6.19. The van der Waals surface area contributed by atoms with E-state index in [4.69, 9.17) is 11.6 Å². The molecule has 7 heteroatoms. The fraction of sp³-hybridized carbons (Fsp3) is 0.750. The molecule has 0 aromatic heterocycles. The molecule has 19 heavy (non-hydrogen) atoms. The minimum absolute atomic E-state index is 0.0353. The molecule has 1 saturated heterocycles. The number of imide groups is 1. The van der Waals surface area contributed by atoms with Crippen LogP contribution >= 0.6 is 11.6 Å². The van der Waals surface area contributed by atoms with Crippen LogP contribution in [0.3, 0.4) is 0 Å². The topological polar surface area (TPSA) is 78.5 Å². The smallest absolute Gasteiger partial charge is 0.324 e. The number of nitrogens with zero attached hydrogens (tertiary/aromatic N) is 1. The third-order valence-electron chi connectivity index (χ3n) is 3.11. The quantitative estimate of drug-likeness (QED) is 0.748. The molecular weight excluding hydrogens is 270 g/mol. The van der Waals surface area contributed by atoms with E-state index in [0.717, 1.165) is 12.8 Å². The van der Waals surface area contributed by atoms with Crippen molar-refractivity contribution >= 4 is 29.4 Å².